The van der Waals surface area contributed by atoms with Gasteiger partial charge in [-0.15, -0.1) is 0 Å². The monoisotopic (exact) mass is 240 g/mol. The van der Waals surface area contributed by atoms with E-state index in [0.29, 0.717) is 5.69 Å². The van der Waals surface area contributed by atoms with Crippen LogP contribution >= 0.6 is 0 Å². The molecule has 0 saturated carbocycles. The van der Waals surface area contributed by atoms with Crippen LogP contribution in [0, 0.1) is 0 Å². The highest BCUT2D eigenvalue weighted by molar-refractivity contribution is 5.88. The molecule has 0 aliphatic rings. The van der Waals surface area contributed by atoms with E-state index in [-0.39, 0.29) is 6.42 Å². The minimum atomic E-state index is -1.30. The zero-order chi connectivity index (χ0) is 12.8. The Kier molecular flexibility index (Phi) is 4.21. The van der Waals surface area contributed by atoms with Gasteiger partial charge >= 0.3 is 5.97 Å². The van der Waals surface area contributed by atoms with Gasteiger partial charge < -0.3 is 16.2 Å². The van der Waals surface area contributed by atoms with Gasteiger partial charge in [0.15, 0.2) is 0 Å². The van der Waals surface area contributed by atoms with Gasteiger partial charge in [-0.05, 0) is 6.07 Å². The predicted molar refractivity (Wildman–Crippen MR) is 55.7 cm³/mol. The number of carbonyl (C=O) groups excluding carboxylic acids is 2. The van der Waals surface area contributed by atoms with Gasteiger partial charge in [-0.3, -0.25) is 14.7 Å². The van der Waals surface area contributed by atoms with Crippen molar-refractivity contribution in [3.8, 4) is 0 Å². The van der Waals surface area contributed by atoms with Gasteiger partial charge in [0, 0.05) is 11.9 Å². The van der Waals surface area contributed by atoms with E-state index in [1.165, 1.54) is 6.20 Å². The van der Waals surface area contributed by atoms with E-state index in [0.717, 1.165) is 0 Å². The lowest BCUT2D eigenvalue weighted by atomic mass is 10.2. The molecule has 8 nitrogen and oxygen atoms in total. The van der Waals surface area contributed by atoms with Crippen LogP contribution in [-0.4, -0.2) is 39.1 Å². The molecule has 2 amide bonds. The number of nitrogens with two attached hydrogens (primary N) is 1. The molecule has 8 heteroatoms. The number of primary amides is 1. The molecule has 0 spiro atoms. The number of nitrogens with zero attached hydrogens (tertiary/aromatic N) is 1. The first-order valence-electron chi connectivity index (χ1n) is 4.77. The molecule has 1 heterocycles. The molecule has 1 aromatic rings. The molecule has 92 valence electrons. The van der Waals surface area contributed by atoms with Gasteiger partial charge in [0.05, 0.1) is 12.8 Å². The van der Waals surface area contributed by atoms with Crippen molar-refractivity contribution in [3.63, 3.8) is 0 Å². The molecule has 1 atom stereocenters. The number of aliphatic carboxylic acids is 1. The molecule has 0 radical (unpaired) electrons. The first-order valence-corrected chi connectivity index (χ1v) is 4.77. The SMILES string of the molecule is NC(=O)C[C@@H](NC(=O)Cc1ccn[nH]1)C(=O)O. The number of H-pyrrole nitrogens is 1. The highest BCUT2D eigenvalue weighted by Crippen LogP contribution is 1.96. The number of carboxylic acids is 1. The van der Waals surface area contributed by atoms with Crippen LogP contribution in [0.25, 0.3) is 0 Å². The Balaban J connectivity index is 2.52. The standard InChI is InChI=1S/C9H12N4O4/c10-7(14)4-6(9(16)17)12-8(15)3-5-1-2-11-13-5/h1-2,6H,3-4H2,(H2,10,14)(H,11,13)(H,12,15)(H,16,17)/t6-/m1/s1. The van der Waals surface area contributed by atoms with Crippen molar-refractivity contribution in [2.45, 2.75) is 18.9 Å². The Morgan fingerprint density at radius 1 is 1.53 bits per heavy atom. The average molecular weight is 240 g/mol. The van der Waals surface area contributed by atoms with Crippen molar-refractivity contribution in [2.24, 2.45) is 5.73 Å². The van der Waals surface area contributed by atoms with Gasteiger partial charge in [0.2, 0.25) is 11.8 Å². The number of carbonyl (C=O) groups is 3. The Morgan fingerprint density at radius 3 is 2.71 bits per heavy atom. The molecule has 5 N–H and O–H groups in total. The van der Waals surface area contributed by atoms with E-state index in [1.54, 1.807) is 6.07 Å². The number of aromatic nitrogens is 2. The summed E-state index contributed by atoms with van der Waals surface area (Å²) in [6, 6.07) is 0.284. The molecule has 1 rings (SSSR count). The topological polar surface area (TPSA) is 138 Å². The summed E-state index contributed by atoms with van der Waals surface area (Å²) in [4.78, 5) is 32.8. The normalized spacial score (nSPS) is 11.8. The van der Waals surface area contributed by atoms with E-state index < -0.39 is 30.2 Å². The van der Waals surface area contributed by atoms with Crippen LogP contribution in [0.2, 0.25) is 0 Å². The number of carboxylic acid groups (broad SMARTS) is 1. The van der Waals surface area contributed by atoms with Crippen LogP contribution in [0.5, 0.6) is 0 Å². The quantitative estimate of drug-likeness (QED) is 0.474. The summed E-state index contributed by atoms with van der Waals surface area (Å²) in [5.74, 6) is -2.62. The first kappa shape index (κ1) is 12.7. The van der Waals surface area contributed by atoms with Crippen molar-refractivity contribution < 1.29 is 19.5 Å². The van der Waals surface area contributed by atoms with Crippen LogP contribution in [0.3, 0.4) is 0 Å². The molecule has 1 aromatic heterocycles. The second-order valence-corrected chi connectivity index (χ2v) is 3.39. The third kappa shape index (κ3) is 4.33. The molecule has 0 unspecified atom stereocenters. The van der Waals surface area contributed by atoms with Gasteiger partial charge in [0.25, 0.3) is 0 Å². The molecular formula is C9H12N4O4. The van der Waals surface area contributed by atoms with Gasteiger partial charge in [-0.25, -0.2) is 4.79 Å². The highest BCUT2D eigenvalue weighted by atomic mass is 16.4. The average Bonchev–Trinajstić information content (AvgIpc) is 2.68. The number of amides is 2. The molecule has 0 aromatic carbocycles. The van der Waals surface area contributed by atoms with E-state index in [9.17, 15) is 14.4 Å². The van der Waals surface area contributed by atoms with Crippen LogP contribution in [0.15, 0.2) is 12.3 Å². The third-order valence-corrected chi connectivity index (χ3v) is 1.95. The Labute approximate surface area is 96.2 Å². The Bertz CT molecular complexity index is 415. The summed E-state index contributed by atoms with van der Waals surface area (Å²) in [5.41, 5.74) is 5.42. The van der Waals surface area contributed by atoms with Gasteiger partial charge in [-0.1, -0.05) is 0 Å². The smallest absolute Gasteiger partial charge is 0.326 e. The molecule has 17 heavy (non-hydrogen) atoms. The maximum Gasteiger partial charge on any atom is 0.326 e. The molecule has 0 fully saturated rings. The van der Waals surface area contributed by atoms with Gasteiger partial charge in [-0.2, -0.15) is 5.10 Å². The van der Waals surface area contributed by atoms with Crippen molar-refractivity contribution >= 4 is 17.8 Å². The fourth-order valence-electron chi connectivity index (χ4n) is 1.20. The van der Waals surface area contributed by atoms with Crippen LogP contribution in [0.4, 0.5) is 0 Å². The number of hydrogen-bond donors (Lipinski definition) is 4. The van der Waals surface area contributed by atoms with E-state index in [2.05, 4.69) is 15.5 Å². The zero-order valence-corrected chi connectivity index (χ0v) is 8.84. The number of aromatic amines is 1. The summed E-state index contributed by atoms with van der Waals surface area (Å²) >= 11 is 0. The van der Waals surface area contributed by atoms with E-state index in [4.69, 9.17) is 10.8 Å². The Hall–Kier alpha value is -2.38. The molecule has 0 aliphatic heterocycles. The van der Waals surface area contributed by atoms with Crippen molar-refractivity contribution in [1.29, 1.82) is 0 Å². The van der Waals surface area contributed by atoms with E-state index in [1.807, 2.05) is 0 Å². The summed E-state index contributed by atoms with van der Waals surface area (Å²) in [7, 11) is 0. The highest BCUT2D eigenvalue weighted by Gasteiger charge is 2.22. The molecule has 0 saturated heterocycles. The maximum absolute atomic E-state index is 11.4. The first-order chi connectivity index (χ1) is 7.99. The summed E-state index contributed by atoms with van der Waals surface area (Å²) in [5, 5.41) is 17.2. The second kappa shape index (κ2) is 5.64. The number of nitrogens with one attached hydrogen (secondary N) is 2. The molecular weight excluding hydrogens is 228 g/mol. The summed E-state index contributed by atoms with van der Waals surface area (Å²) in [6.45, 7) is 0. The van der Waals surface area contributed by atoms with Crippen LogP contribution in [-0.2, 0) is 20.8 Å². The summed E-state index contributed by atoms with van der Waals surface area (Å²) < 4.78 is 0. The van der Waals surface area contributed by atoms with Crippen molar-refractivity contribution in [2.75, 3.05) is 0 Å². The number of rotatable bonds is 6. The lowest BCUT2D eigenvalue weighted by Crippen LogP contribution is -2.43. The van der Waals surface area contributed by atoms with Crippen molar-refractivity contribution in [1.82, 2.24) is 15.5 Å². The largest absolute Gasteiger partial charge is 0.480 e. The Morgan fingerprint density at radius 2 is 2.24 bits per heavy atom. The molecule has 0 aliphatic carbocycles. The second-order valence-electron chi connectivity index (χ2n) is 3.39. The van der Waals surface area contributed by atoms with Gasteiger partial charge in [0.1, 0.15) is 6.04 Å². The minimum Gasteiger partial charge on any atom is -0.480 e. The minimum absolute atomic E-state index is 0.0391. The van der Waals surface area contributed by atoms with Crippen LogP contribution in [0.1, 0.15) is 12.1 Å². The summed E-state index contributed by atoms with van der Waals surface area (Å²) in [6.07, 6.45) is 0.993. The predicted octanol–water partition coefficient (Wildman–Crippen LogP) is -1.60. The maximum atomic E-state index is 11.4. The fraction of sp³-hybridized carbons (Fsp3) is 0.333. The number of hydrogen-bond acceptors (Lipinski definition) is 4. The zero-order valence-electron chi connectivity index (χ0n) is 8.84. The lowest BCUT2D eigenvalue weighted by molar-refractivity contribution is -0.143. The van der Waals surface area contributed by atoms with Crippen molar-refractivity contribution in [3.05, 3.63) is 18.0 Å². The fourth-order valence-corrected chi connectivity index (χ4v) is 1.20. The lowest BCUT2D eigenvalue weighted by Gasteiger charge is -2.12. The van der Waals surface area contributed by atoms with Crippen LogP contribution < -0.4 is 11.1 Å². The molecule has 0 bridgehead atoms. The van der Waals surface area contributed by atoms with E-state index >= 15 is 0 Å². The third-order valence-electron chi connectivity index (χ3n) is 1.95.